The van der Waals surface area contributed by atoms with E-state index < -0.39 is 0 Å². The van der Waals surface area contributed by atoms with Gasteiger partial charge in [-0.15, -0.1) is 11.3 Å². The van der Waals surface area contributed by atoms with E-state index in [1.165, 1.54) is 11.3 Å². The van der Waals surface area contributed by atoms with Gasteiger partial charge in [-0.2, -0.15) is 0 Å². The quantitative estimate of drug-likeness (QED) is 0.750. The summed E-state index contributed by atoms with van der Waals surface area (Å²) in [5, 5.41) is 5.07. The monoisotopic (exact) mass is 325 g/mol. The smallest absolute Gasteiger partial charge is 0.230 e. The number of hydrogen-bond acceptors (Lipinski definition) is 5. The Bertz CT molecular complexity index is 785. The zero-order chi connectivity index (χ0) is 16.1. The van der Waals surface area contributed by atoms with E-state index in [1.807, 2.05) is 42.5 Å². The van der Waals surface area contributed by atoms with Gasteiger partial charge in [0.1, 0.15) is 11.5 Å². The normalized spacial score (nSPS) is 10.3. The maximum Gasteiger partial charge on any atom is 0.230 e. The Kier molecular flexibility index (Phi) is 4.54. The molecule has 23 heavy (non-hydrogen) atoms. The fourth-order valence-corrected chi connectivity index (χ4v) is 2.57. The molecule has 1 aromatic heterocycles. The first-order chi connectivity index (χ1) is 11.2. The van der Waals surface area contributed by atoms with Gasteiger partial charge in [0.05, 0.1) is 12.1 Å². The first-order valence-electron chi connectivity index (χ1n) is 7.02. The highest BCUT2D eigenvalue weighted by Gasteiger charge is 2.07. The Morgan fingerprint density at radius 1 is 1.09 bits per heavy atom. The number of para-hydroxylation sites is 1. The molecule has 1 amide bonds. The molecule has 3 N–H and O–H groups in total. The highest BCUT2D eigenvalue weighted by atomic mass is 32.1. The molecule has 3 aromatic rings. The van der Waals surface area contributed by atoms with E-state index in [0.717, 1.165) is 5.75 Å². The Balaban J connectivity index is 1.57. The summed E-state index contributed by atoms with van der Waals surface area (Å²) < 4.78 is 5.70. The molecule has 0 radical (unpaired) electrons. The lowest BCUT2D eigenvalue weighted by molar-refractivity contribution is -0.115. The van der Waals surface area contributed by atoms with E-state index in [2.05, 4.69) is 10.3 Å². The molecule has 6 heteroatoms. The van der Waals surface area contributed by atoms with Crippen LogP contribution in [0.2, 0.25) is 0 Å². The second-order valence-electron chi connectivity index (χ2n) is 4.84. The van der Waals surface area contributed by atoms with E-state index in [0.29, 0.717) is 22.3 Å². The molecule has 3 rings (SSSR count). The summed E-state index contributed by atoms with van der Waals surface area (Å²) in [4.78, 5) is 16.0. The number of ether oxygens (including phenoxy) is 1. The standard InChI is InChI=1S/C17H15N3O2S/c18-17-20-13(11-23-17)10-16(21)19-12-6-8-15(9-7-12)22-14-4-2-1-3-5-14/h1-9,11H,10H2,(H2,18,20)(H,19,21). The number of benzene rings is 2. The molecule has 0 fully saturated rings. The first-order valence-corrected chi connectivity index (χ1v) is 7.90. The number of aromatic nitrogens is 1. The van der Waals surface area contributed by atoms with E-state index >= 15 is 0 Å². The predicted molar refractivity (Wildman–Crippen MR) is 91.8 cm³/mol. The third-order valence-electron chi connectivity index (χ3n) is 3.03. The number of carbonyl (C=O) groups is 1. The molecule has 0 aliphatic carbocycles. The number of anilines is 2. The minimum atomic E-state index is -0.132. The molecule has 0 aliphatic rings. The maximum atomic E-state index is 11.9. The molecular weight excluding hydrogens is 310 g/mol. The van der Waals surface area contributed by atoms with Crippen LogP contribution in [0.15, 0.2) is 60.0 Å². The van der Waals surface area contributed by atoms with Crippen molar-refractivity contribution in [1.29, 1.82) is 0 Å². The Labute approximate surface area is 137 Å². The minimum absolute atomic E-state index is 0.132. The van der Waals surface area contributed by atoms with Crippen LogP contribution in [0.4, 0.5) is 10.8 Å². The molecule has 0 unspecified atom stereocenters. The van der Waals surface area contributed by atoms with Crippen LogP contribution >= 0.6 is 11.3 Å². The van der Waals surface area contributed by atoms with Crippen LogP contribution in [0, 0.1) is 0 Å². The van der Waals surface area contributed by atoms with Crippen molar-refractivity contribution in [3.63, 3.8) is 0 Å². The van der Waals surface area contributed by atoms with Crippen molar-refractivity contribution in [3.05, 3.63) is 65.7 Å². The number of nitrogens with two attached hydrogens (primary N) is 1. The first kappa shape index (κ1) is 15.1. The fourth-order valence-electron chi connectivity index (χ4n) is 2.00. The lowest BCUT2D eigenvalue weighted by Gasteiger charge is -2.07. The molecule has 0 bridgehead atoms. The molecule has 116 valence electrons. The number of amides is 1. The van der Waals surface area contributed by atoms with Gasteiger partial charge < -0.3 is 15.8 Å². The zero-order valence-electron chi connectivity index (χ0n) is 12.2. The van der Waals surface area contributed by atoms with Crippen molar-refractivity contribution < 1.29 is 9.53 Å². The Morgan fingerprint density at radius 2 is 1.78 bits per heavy atom. The third-order valence-corrected chi connectivity index (χ3v) is 3.75. The lowest BCUT2D eigenvalue weighted by Crippen LogP contribution is -2.14. The third kappa shape index (κ3) is 4.31. The van der Waals surface area contributed by atoms with Gasteiger partial charge in [0, 0.05) is 11.1 Å². The second kappa shape index (κ2) is 6.93. The zero-order valence-corrected chi connectivity index (χ0v) is 13.0. The van der Waals surface area contributed by atoms with Gasteiger partial charge in [0.2, 0.25) is 5.91 Å². The summed E-state index contributed by atoms with van der Waals surface area (Å²) in [6, 6.07) is 16.7. The van der Waals surface area contributed by atoms with Crippen molar-refractivity contribution in [2.45, 2.75) is 6.42 Å². The summed E-state index contributed by atoms with van der Waals surface area (Å²) in [5.41, 5.74) is 6.93. The summed E-state index contributed by atoms with van der Waals surface area (Å²) in [7, 11) is 0. The van der Waals surface area contributed by atoms with Gasteiger partial charge >= 0.3 is 0 Å². The van der Waals surface area contributed by atoms with Crippen molar-refractivity contribution in [2.75, 3.05) is 11.1 Å². The lowest BCUT2D eigenvalue weighted by atomic mass is 10.2. The number of nitrogens with zero attached hydrogens (tertiary/aromatic N) is 1. The summed E-state index contributed by atoms with van der Waals surface area (Å²) in [5.74, 6) is 1.35. The number of thiazole rings is 1. The van der Waals surface area contributed by atoms with Crippen LogP contribution in [0.1, 0.15) is 5.69 Å². The van der Waals surface area contributed by atoms with Crippen molar-refractivity contribution in [1.82, 2.24) is 4.98 Å². The van der Waals surface area contributed by atoms with Gasteiger partial charge in [0.15, 0.2) is 5.13 Å². The SMILES string of the molecule is Nc1nc(CC(=O)Nc2ccc(Oc3ccccc3)cc2)cs1. The molecule has 0 aliphatic heterocycles. The van der Waals surface area contributed by atoms with E-state index in [-0.39, 0.29) is 12.3 Å². The highest BCUT2D eigenvalue weighted by Crippen LogP contribution is 2.22. The minimum Gasteiger partial charge on any atom is -0.457 e. The fraction of sp³-hybridized carbons (Fsp3) is 0.0588. The van der Waals surface area contributed by atoms with E-state index in [9.17, 15) is 4.79 Å². The number of rotatable bonds is 5. The Morgan fingerprint density at radius 3 is 2.43 bits per heavy atom. The molecule has 0 saturated carbocycles. The summed E-state index contributed by atoms with van der Waals surface area (Å²) in [6.07, 6.45) is 0.204. The van der Waals surface area contributed by atoms with Gasteiger partial charge in [0.25, 0.3) is 0 Å². The molecule has 5 nitrogen and oxygen atoms in total. The molecule has 0 atom stereocenters. The summed E-state index contributed by atoms with van der Waals surface area (Å²) >= 11 is 1.33. The molecule has 0 saturated heterocycles. The molecular formula is C17H15N3O2S. The van der Waals surface area contributed by atoms with Crippen LogP contribution in [-0.4, -0.2) is 10.9 Å². The molecule has 2 aromatic carbocycles. The van der Waals surface area contributed by atoms with Crippen molar-refractivity contribution in [3.8, 4) is 11.5 Å². The molecule has 0 spiro atoms. The van der Waals surface area contributed by atoms with Crippen LogP contribution in [0.5, 0.6) is 11.5 Å². The Hall–Kier alpha value is -2.86. The average molecular weight is 325 g/mol. The van der Waals surface area contributed by atoms with Crippen LogP contribution in [0.25, 0.3) is 0 Å². The summed E-state index contributed by atoms with van der Waals surface area (Å²) in [6.45, 7) is 0. The van der Waals surface area contributed by atoms with Gasteiger partial charge in [-0.3, -0.25) is 4.79 Å². The molecule has 1 heterocycles. The number of nitrogens with one attached hydrogen (secondary N) is 1. The number of carbonyl (C=O) groups excluding carboxylic acids is 1. The average Bonchev–Trinajstić information content (AvgIpc) is 2.95. The van der Waals surface area contributed by atoms with Crippen LogP contribution in [-0.2, 0) is 11.2 Å². The van der Waals surface area contributed by atoms with E-state index in [1.54, 1.807) is 17.5 Å². The van der Waals surface area contributed by atoms with Gasteiger partial charge in [-0.25, -0.2) is 4.98 Å². The van der Waals surface area contributed by atoms with Crippen LogP contribution < -0.4 is 15.8 Å². The number of hydrogen-bond donors (Lipinski definition) is 2. The highest BCUT2D eigenvalue weighted by molar-refractivity contribution is 7.13. The van der Waals surface area contributed by atoms with Crippen molar-refractivity contribution >= 4 is 28.1 Å². The topological polar surface area (TPSA) is 77.2 Å². The van der Waals surface area contributed by atoms with Gasteiger partial charge in [-0.05, 0) is 36.4 Å². The van der Waals surface area contributed by atoms with E-state index in [4.69, 9.17) is 10.5 Å². The maximum absolute atomic E-state index is 11.9. The van der Waals surface area contributed by atoms with Crippen LogP contribution in [0.3, 0.4) is 0 Å². The predicted octanol–water partition coefficient (Wildman–Crippen LogP) is 3.70. The van der Waals surface area contributed by atoms with Gasteiger partial charge in [-0.1, -0.05) is 18.2 Å². The van der Waals surface area contributed by atoms with Crippen molar-refractivity contribution in [2.24, 2.45) is 0 Å². The number of nitrogen functional groups attached to an aromatic ring is 1. The largest absolute Gasteiger partial charge is 0.457 e. The second-order valence-corrected chi connectivity index (χ2v) is 5.73.